The third-order valence-corrected chi connectivity index (χ3v) is 4.22. The van der Waals surface area contributed by atoms with Crippen LogP contribution in [0.1, 0.15) is 32.3 Å². The van der Waals surface area contributed by atoms with Crippen molar-refractivity contribution in [2.45, 2.75) is 32.3 Å². The van der Waals surface area contributed by atoms with Gasteiger partial charge in [-0.2, -0.15) is 0 Å². The highest BCUT2D eigenvalue weighted by molar-refractivity contribution is 5.82. The normalized spacial score (nSPS) is 17.2. The number of piperidine rings is 1. The van der Waals surface area contributed by atoms with E-state index in [1.807, 2.05) is 56.3 Å². The van der Waals surface area contributed by atoms with Crippen molar-refractivity contribution in [2.75, 3.05) is 13.1 Å². The number of carbonyl (C=O) groups excluding carboxylic acids is 1. The molecule has 2 N–H and O–H groups in total. The highest BCUT2D eigenvalue weighted by Crippen LogP contribution is 2.27. The van der Waals surface area contributed by atoms with Gasteiger partial charge in [-0.3, -0.25) is 0 Å². The minimum Gasteiger partial charge on any atom is -0.456 e. The number of quaternary nitrogens is 1. The first kappa shape index (κ1) is 16.5. The zero-order chi connectivity index (χ0) is 15.8. The molecule has 3 heteroatoms. The highest BCUT2D eigenvalue weighted by atomic mass is 16.6. The van der Waals surface area contributed by atoms with Crippen molar-refractivity contribution in [3.8, 4) is 0 Å². The Morgan fingerprint density at radius 1 is 1.18 bits per heavy atom. The Hall–Kier alpha value is -1.87. The van der Waals surface area contributed by atoms with E-state index in [0.29, 0.717) is 5.92 Å². The van der Waals surface area contributed by atoms with Gasteiger partial charge in [-0.05, 0) is 19.4 Å². The van der Waals surface area contributed by atoms with E-state index in [2.05, 4.69) is 5.32 Å². The van der Waals surface area contributed by atoms with E-state index in [9.17, 15) is 4.79 Å². The van der Waals surface area contributed by atoms with Crippen LogP contribution in [0.3, 0.4) is 0 Å². The highest BCUT2D eigenvalue weighted by Gasteiger charge is 2.34. The van der Waals surface area contributed by atoms with E-state index < -0.39 is 5.60 Å². The summed E-state index contributed by atoms with van der Waals surface area (Å²) in [4.78, 5) is 12.0. The molecule has 0 saturated carbocycles. The van der Waals surface area contributed by atoms with Crippen LogP contribution in [0.5, 0.6) is 0 Å². The number of rotatable bonds is 5. The zero-order valence-electron chi connectivity index (χ0n) is 13.5. The molecule has 0 radical (unpaired) electrons. The average molecular weight is 300 g/mol. The fourth-order valence-electron chi connectivity index (χ4n) is 2.86. The lowest BCUT2D eigenvalue weighted by molar-refractivity contribution is -0.665. The number of carbonyl (C=O) groups is 1. The number of allylic oxidation sites excluding steroid dienone is 2. The first-order chi connectivity index (χ1) is 10.6. The van der Waals surface area contributed by atoms with E-state index >= 15 is 0 Å². The molecule has 0 bridgehead atoms. The standard InChI is InChI=1S/C19H25NO2/c1-19(2,17-12-14-20-15-13-17)22-18(21)11-7-6-10-16-8-4-3-5-9-16/h3-11,17,20H,12-15H2,1-2H3/p+1/b10-6+,11-7+. The van der Waals surface area contributed by atoms with Gasteiger partial charge in [0, 0.05) is 24.8 Å². The van der Waals surface area contributed by atoms with Crippen LogP contribution >= 0.6 is 0 Å². The molecule has 1 aromatic carbocycles. The average Bonchev–Trinajstić information content (AvgIpc) is 2.53. The third-order valence-electron chi connectivity index (χ3n) is 4.22. The molecule has 0 unspecified atom stereocenters. The van der Waals surface area contributed by atoms with E-state index in [1.165, 1.54) is 6.08 Å². The van der Waals surface area contributed by atoms with Crippen molar-refractivity contribution in [2.24, 2.45) is 5.92 Å². The van der Waals surface area contributed by atoms with Gasteiger partial charge in [-0.15, -0.1) is 0 Å². The summed E-state index contributed by atoms with van der Waals surface area (Å²) in [6.45, 7) is 6.30. The van der Waals surface area contributed by atoms with E-state index in [0.717, 1.165) is 31.5 Å². The Labute approximate surface area is 133 Å². The predicted octanol–water partition coefficient (Wildman–Crippen LogP) is 2.55. The second-order valence-electron chi connectivity index (χ2n) is 6.29. The van der Waals surface area contributed by atoms with Gasteiger partial charge in [0.2, 0.25) is 0 Å². The molecule has 1 aromatic rings. The first-order valence-electron chi connectivity index (χ1n) is 8.02. The molecule has 1 heterocycles. The van der Waals surface area contributed by atoms with Gasteiger partial charge in [0.25, 0.3) is 0 Å². The molecule has 0 aromatic heterocycles. The Balaban J connectivity index is 1.83. The summed E-state index contributed by atoms with van der Waals surface area (Å²) in [5, 5.41) is 2.32. The molecule has 0 amide bonds. The van der Waals surface area contributed by atoms with Crippen molar-refractivity contribution >= 4 is 12.0 Å². The minimum atomic E-state index is -0.390. The Morgan fingerprint density at radius 2 is 1.86 bits per heavy atom. The summed E-state index contributed by atoms with van der Waals surface area (Å²) in [6, 6.07) is 10.00. The summed E-state index contributed by atoms with van der Waals surface area (Å²) in [5.74, 6) is 0.187. The molecular weight excluding hydrogens is 274 g/mol. The second kappa shape index (κ2) is 7.95. The quantitative estimate of drug-likeness (QED) is 0.516. The third kappa shape index (κ3) is 5.15. The molecule has 118 valence electrons. The van der Waals surface area contributed by atoms with Crippen LogP contribution in [-0.2, 0) is 9.53 Å². The molecular formula is C19H26NO2+. The Bertz CT molecular complexity index is 526. The number of hydrogen-bond donors (Lipinski definition) is 1. The van der Waals surface area contributed by atoms with E-state index in [1.54, 1.807) is 6.08 Å². The van der Waals surface area contributed by atoms with Gasteiger partial charge in [-0.1, -0.05) is 48.6 Å². The van der Waals surface area contributed by atoms with Crippen molar-refractivity contribution in [3.63, 3.8) is 0 Å². The Kier molecular flexibility index (Phi) is 5.96. The van der Waals surface area contributed by atoms with Crippen LogP contribution in [0, 0.1) is 5.92 Å². The number of hydrogen-bond acceptors (Lipinski definition) is 2. The molecule has 1 fully saturated rings. The summed E-state index contributed by atoms with van der Waals surface area (Å²) in [7, 11) is 0. The van der Waals surface area contributed by atoms with Crippen LogP contribution < -0.4 is 5.32 Å². The largest absolute Gasteiger partial charge is 0.456 e. The molecule has 1 aliphatic rings. The van der Waals surface area contributed by atoms with Gasteiger partial charge in [0.05, 0.1) is 13.1 Å². The monoisotopic (exact) mass is 300 g/mol. The van der Waals surface area contributed by atoms with Gasteiger partial charge < -0.3 is 10.1 Å². The molecule has 1 saturated heterocycles. The molecule has 22 heavy (non-hydrogen) atoms. The summed E-state index contributed by atoms with van der Waals surface area (Å²) in [5.41, 5.74) is 0.720. The number of ether oxygens (including phenoxy) is 1. The fourth-order valence-corrected chi connectivity index (χ4v) is 2.86. The van der Waals surface area contributed by atoms with Crippen LogP contribution in [0.25, 0.3) is 6.08 Å². The van der Waals surface area contributed by atoms with Crippen molar-refractivity contribution in [1.82, 2.24) is 0 Å². The summed E-state index contributed by atoms with van der Waals surface area (Å²) < 4.78 is 5.66. The lowest BCUT2D eigenvalue weighted by Crippen LogP contribution is -2.86. The SMILES string of the molecule is CC(C)(OC(=O)/C=C/C=C/c1ccccc1)C1CC[NH2+]CC1. The van der Waals surface area contributed by atoms with Crippen LogP contribution in [0.2, 0.25) is 0 Å². The maximum Gasteiger partial charge on any atom is 0.331 e. The van der Waals surface area contributed by atoms with Gasteiger partial charge in [0.1, 0.15) is 5.60 Å². The molecule has 1 aliphatic heterocycles. The fraction of sp³-hybridized carbons (Fsp3) is 0.421. The van der Waals surface area contributed by atoms with Crippen molar-refractivity contribution in [1.29, 1.82) is 0 Å². The van der Waals surface area contributed by atoms with E-state index in [-0.39, 0.29) is 5.97 Å². The molecule has 0 spiro atoms. The molecule has 0 atom stereocenters. The first-order valence-corrected chi connectivity index (χ1v) is 8.02. The predicted molar refractivity (Wildman–Crippen MR) is 89.2 cm³/mol. The van der Waals surface area contributed by atoms with Crippen LogP contribution in [0.15, 0.2) is 48.6 Å². The van der Waals surface area contributed by atoms with Gasteiger partial charge >= 0.3 is 5.97 Å². The van der Waals surface area contributed by atoms with Crippen LogP contribution in [-0.4, -0.2) is 24.7 Å². The Morgan fingerprint density at radius 3 is 2.55 bits per heavy atom. The van der Waals surface area contributed by atoms with E-state index in [4.69, 9.17) is 4.74 Å². The van der Waals surface area contributed by atoms with Gasteiger partial charge in [-0.25, -0.2) is 4.79 Å². The molecule has 3 nitrogen and oxygen atoms in total. The number of nitrogens with two attached hydrogens (primary N) is 1. The minimum absolute atomic E-state index is 0.266. The number of esters is 1. The van der Waals surface area contributed by atoms with Crippen LogP contribution in [0.4, 0.5) is 0 Å². The zero-order valence-corrected chi connectivity index (χ0v) is 13.5. The topological polar surface area (TPSA) is 42.9 Å². The molecule has 2 rings (SSSR count). The van der Waals surface area contributed by atoms with Crippen molar-refractivity contribution < 1.29 is 14.8 Å². The van der Waals surface area contributed by atoms with Crippen molar-refractivity contribution in [3.05, 3.63) is 54.1 Å². The molecule has 0 aliphatic carbocycles. The lowest BCUT2D eigenvalue weighted by atomic mass is 9.83. The maximum absolute atomic E-state index is 12.0. The number of benzene rings is 1. The summed E-state index contributed by atoms with van der Waals surface area (Å²) >= 11 is 0. The lowest BCUT2D eigenvalue weighted by Gasteiger charge is -2.35. The second-order valence-corrected chi connectivity index (χ2v) is 6.29. The smallest absolute Gasteiger partial charge is 0.331 e. The van der Waals surface area contributed by atoms with Gasteiger partial charge in [0.15, 0.2) is 0 Å². The maximum atomic E-state index is 12.0. The summed E-state index contributed by atoms with van der Waals surface area (Å²) in [6.07, 6.45) is 9.27.